The number of unbranched alkanes of at least 4 members (excludes halogenated alkanes) is 12. The molecule has 10 heteroatoms. The predicted octanol–water partition coefficient (Wildman–Crippen LogP) is 17.1. The number of carbonyl (C=O) groups excluding carboxylic acids is 4. The molecule has 388 valence electrons. The number of ether oxygens (including phenoxy) is 4. The fraction of sp³-hybridized carbons (Fsp3) is 0.292. The second kappa shape index (κ2) is 28.1. The highest BCUT2D eigenvalue weighted by Gasteiger charge is 2.22. The van der Waals surface area contributed by atoms with Crippen molar-refractivity contribution in [3.8, 4) is 45.3 Å². The summed E-state index contributed by atoms with van der Waals surface area (Å²) in [4.78, 5) is 52.4. The van der Waals surface area contributed by atoms with Crippen LogP contribution in [0.1, 0.15) is 162 Å². The SMILES string of the molecule is CCCCCCCCCc1ccc(-c2ccc(C(=O)Oc3ccc(C(=O)Oc4cccc(OC(=O)c5ccc(OC(=O)c6ccc(-c7ccc(CCCCCCCCC)cc7)cc6)cc5F)c4C)c(F)c3)cc2)cc1. The van der Waals surface area contributed by atoms with E-state index < -0.39 is 46.6 Å². The van der Waals surface area contributed by atoms with Crippen molar-refractivity contribution in [3.63, 3.8) is 0 Å². The number of aryl methyl sites for hydroxylation is 2. The lowest BCUT2D eigenvalue weighted by molar-refractivity contribution is 0.0719. The molecule has 0 atom stereocenters. The summed E-state index contributed by atoms with van der Waals surface area (Å²) in [5, 5.41) is 0. The molecule has 0 saturated heterocycles. The number of hydrogen-bond donors (Lipinski definition) is 0. The monoisotopic (exact) mass is 1010 g/mol. The van der Waals surface area contributed by atoms with E-state index in [0.717, 1.165) is 59.4 Å². The molecule has 75 heavy (non-hydrogen) atoms. The van der Waals surface area contributed by atoms with Gasteiger partial charge in [0, 0.05) is 17.7 Å². The molecule has 0 radical (unpaired) electrons. The van der Waals surface area contributed by atoms with Crippen LogP contribution in [0.4, 0.5) is 8.78 Å². The molecule has 0 spiro atoms. The molecule has 7 aromatic carbocycles. The Kier molecular flexibility index (Phi) is 20.6. The molecule has 0 aliphatic rings. The van der Waals surface area contributed by atoms with Gasteiger partial charge in [-0.2, -0.15) is 0 Å². The maximum absolute atomic E-state index is 15.4. The first-order valence-corrected chi connectivity index (χ1v) is 26.5. The van der Waals surface area contributed by atoms with Gasteiger partial charge in [-0.05, 0) is 127 Å². The molecule has 7 aromatic rings. The van der Waals surface area contributed by atoms with E-state index in [9.17, 15) is 19.2 Å². The van der Waals surface area contributed by atoms with Crippen LogP contribution in [0.2, 0.25) is 0 Å². The first-order valence-electron chi connectivity index (χ1n) is 26.5. The zero-order chi connectivity index (χ0) is 52.9. The molecule has 0 aromatic heterocycles. The standard InChI is InChI=1S/C65H66F2O8/c1-4-6-8-10-12-14-16-19-46-23-27-48(28-24-46)50-31-35-52(36-32-50)62(68)72-54-39-41-56(58(66)43-54)64(70)74-60-21-18-22-61(45(60)3)75-65(71)57-42-40-55(44-59(57)67)73-63(69)53-37-33-51(34-38-53)49-29-25-47(26-30-49)20-17-15-13-11-9-7-5-2/h18,21-44H,4-17,19-20H2,1-3H3. The van der Waals surface area contributed by atoms with Gasteiger partial charge in [0.25, 0.3) is 0 Å². The minimum Gasteiger partial charge on any atom is -0.423 e. The van der Waals surface area contributed by atoms with Crippen LogP contribution in [-0.2, 0) is 12.8 Å². The van der Waals surface area contributed by atoms with E-state index in [1.807, 2.05) is 24.3 Å². The van der Waals surface area contributed by atoms with Crippen molar-refractivity contribution in [2.45, 2.75) is 124 Å². The molecule has 8 nitrogen and oxygen atoms in total. The van der Waals surface area contributed by atoms with Crippen molar-refractivity contribution in [2.24, 2.45) is 0 Å². The van der Waals surface area contributed by atoms with Crippen LogP contribution < -0.4 is 18.9 Å². The smallest absolute Gasteiger partial charge is 0.346 e. The van der Waals surface area contributed by atoms with Gasteiger partial charge in [-0.25, -0.2) is 28.0 Å². The molecule has 0 N–H and O–H groups in total. The summed E-state index contributed by atoms with van der Waals surface area (Å²) in [7, 11) is 0. The number of benzene rings is 7. The third kappa shape index (κ3) is 16.1. The van der Waals surface area contributed by atoms with E-state index in [-0.39, 0.29) is 39.7 Å². The Bertz CT molecular complexity index is 2800. The third-order valence-electron chi connectivity index (χ3n) is 13.3. The Morgan fingerprint density at radius 3 is 1.05 bits per heavy atom. The first kappa shape index (κ1) is 55.0. The van der Waals surface area contributed by atoms with E-state index in [4.69, 9.17) is 18.9 Å². The Hall–Kier alpha value is -7.72. The van der Waals surface area contributed by atoms with E-state index in [1.54, 1.807) is 24.3 Å². The summed E-state index contributed by atoms with van der Waals surface area (Å²) in [6, 6.07) is 41.7. The van der Waals surface area contributed by atoms with E-state index in [1.165, 1.54) is 138 Å². The minimum absolute atomic E-state index is 0.0501. The largest absolute Gasteiger partial charge is 0.423 e. The van der Waals surface area contributed by atoms with Crippen LogP contribution in [0.15, 0.2) is 152 Å². The molecule has 0 heterocycles. The summed E-state index contributed by atoms with van der Waals surface area (Å²) in [6.45, 7) is 5.97. The summed E-state index contributed by atoms with van der Waals surface area (Å²) >= 11 is 0. The molecule has 0 saturated carbocycles. The lowest BCUT2D eigenvalue weighted by Crippen LogP contribution is -2.14. The molecule has 0 bridgehead atoms. The van der Waals surface area contributed by atoms with Gasteiger partial charge in [-0.15, -0.1) is 0 Å². The van der Waals surface area contributed by atoms with Crippen LogP contribution >= 0.6 is 0 Å². The van der Waals surface area contributed by atoms with Crippen molar-refractivity contribution < 1.29 is 46.9 Å². The van der Waals surface area contributed by atoms with Crippen molar-refractivity contribution >= 4 is 23.9 Å². The van der Waals surface area contributed by atoms with Gasteiger partial charge in [0.1, 0.15) is 34.6 Å². The highest BCUT2D eigenvalue weighted by Crippen LogP contribution is 2.31. The molecule has 0 amide bonds. The van der Waals surface area contributed by atoms with Crippen LogP contribution in [0, 0.1) is 18.6 Å². The van der Waals surface area contributed by atoms with E-state index >= 15 is 8.78 Å². The Morgan fingerprint density at radius 2 is 0.707 bits per heavy atom. The average Bonchev–Trinajstić information content (AvgIpc) is 3.42. The van der Waals surface area contributed by atoms with Gasteiger partial charge in [-0.3, -0.25) is 0 Å². The van der Waals surface area contributed by atoms with Crippen LogP contribution in [0.3, 0.4) is 0 Å². The van der Waals surface area contributed by atoms with Crippen molar-refractivity contribution in [2.75, 3.05) is 0 Å². The van der Waals surface area contributed by atoms with Gasteiger partial charge in [0.15, 0.2) is 0 Å². The van der Waals surface area contributed by atoms with Gasteiger partial charge in [0.2, 0.25) is 0 Å². The zero-order valence-corrected chi connectivity index (χ0v) is 43.3. The predicted molar refractivity (Wildman–Crippen MR) is 291 cm³/mol. The topological polar surface area (TPSA) is 105 Å². The van der Waals surface area contributed by atoms with Crippen molar-refractivity contribution in [3.05, 3.63) is 202 Å². The third-order valence-corrected chi connectivity index (χ3v) is 13.3. The lowest BCUT2D eigenvalue weighted by atomic mass is 10.00. The number of esters is 4. The minimum atomic E-state index is -1.07. The number of halogens is 2. The van der Waals surface area contributed by atoms with Crippen LogP contribution in [0.5, 0.6) is 23.0 Å². The molecule has 0 fully saturated rings. The quantitative estimate of drug-likeness (QED) is 0.0300. The summed E-state index contributed by atoms with van der Waals surface area (Å²) < 4.78 is 52.6. The highest BCUT2D eigenvalue weighted by atomic mass is 19.1. The molecule has 7 rings (SSSR count). The second-order valence-electron chi connectivity index (χ2n) is 19.0. The molecule has 0 unspecified atom stereocenters. The van der Waals surface area contributed by atoms with Crippen LogP contribution in [-0.4, -0.2) is 23.9 Å². The molecule has 0 aliphatic carbocycles. The molecular formula is C65H66F2O8. The molecule has 0 aliphatic heterocycles. The zero-order valence-electron chi connectivity index (χ0n) is 43.3. The maximum atomic E-state index is 15.4. The van der Waals surface area contributed by atoms with Crippen LogP contribution in [0.25, 0.3) is 22.3 Å². The fourth-order valence-corrected chi connectivity index (χ4v) is 8.80. The van der Waals surface area contributed by atoms with E-state index in [0.29, 0.717) is 0 Å². The van der Waals surface area contributed by atoms with Gasteiger partial charge < -0.3 is 18.9 Å². The normalized spacial score (nSPS) is 11.0. The van der Waals surface area contributed by atoms with Gasteiger partial charge in [-0.1, -0.05) is 170 Å². The van der Waals surface area contributed by atoms with E-state index in [2.05, 4.69) is 62.4 Å². The summed E-state index contributed by atoms with van der Waals surface area (Å²) in [6.07, 6.45) is 19.9. The Labute approximate surface area is 440 Å². The Morgan fingerprint density at radius 1 is 0.373 bits per heavy atom. The van der Waals surface area contributed by atoms with Gasteiger partial charge >= 0.3 is 23.9 Å². The van der Waals surface area contributed by atoms with Crippen molar-refractivity contribution in [1.29, 1.82) is 0 Å². The number of hydrogen-bond acceptors (Lipinski definition) is 8. The van der Waals surface area contributed by atoms with Crippen molar-refractivity contribution in [1.82, 2.24) is 0 Å². The number of rotatable bonds is 26. The fourth-order valence-electron chi connectivity index (χ4n) is 8.80. The second-order valence-corrected chi connectivity index (χ2v) is 19.0. The first-order chi connectivity index (χ1) is 36.5. The molecular weight excluding hydrogens is 947 g/mol. The lowest BCUT2D eigenvalue weighted by Gasteiger charge is -2.13. The summed E-state index contributed by atoms with van der Waals surface area (Å²) in [5.74, 6) is -5.86. The summed E-state index contributed by atoms with van der Waals surface area (Å²) in [5.41, 5.74) is 6.35. The average molecular weight is 1010 g/mol. The Balaban J connectivity index is 0.869. The highest BCUT2D eigenvalue weighted by molar-refractivity contribution is 5.95. The number of carbonyl (C=O) groups is 4. The maximum Gasteiger partial charge on any atom is 0.346 e. The van der Waals surface area contributed by atoms with Gasteiger partial charge in [0.05, 0.1) is 22.3 Å².